The van der Waals surface area contributed by atoms with Crippen molar-refractivity contribution in [1.29, 1.82) is 0 Å². The monoisotopic (exact) mass is 269 g/mol. The quantitative estimate of drug-likeness (QED) is 0.504. The number of nitrogens with one attached hydrogen (secondary N) is 2. The van der Waals surface area contributed by atoms with Gasteiger partial charge < -0.3 is 21.5 Å². The third-order valence-electron chi connectivity index (χ3n) is 3.14. The molecule has 0 bridgehead atoms. The van der Waals surface area contributed by atoms with Crippen LogP contribution in [0.4, 0.5) is 0 Å². The van der Waals surface area contributed by atoms with E-state index in [-0.39, 0.29) is 30.3 Å². The first-order chi connectivity index (χ1) is 8.90. The second kappa shape index (κ2) is 7.25. The summed E-state index contributed by atoms with van der Waals surface area (Å²) in [6.07, 6.45) is 3.11. The van der Waals surface area contributed by atoms with Gasteiger partial charge in [-0.2, -0.15) is 0 Å². The zero-order valence-electron chi connectivity index (χ0n) is 11.4. The van der Waals surface area contributed by atoms with E-state index in [1.165, 1.54) is 6.08 Å². The summed E-state index contributed by atoms with van der Waals surface area (Å²) < 4.78 is 0. The van der Waals surface area contributed by atoms with Crippen LogP contribution in [0.15, 0.2) is 12.2 Å². The summed E-state index contributed by atoms with van der Waals surface area (Å²) in [5.41, 5.74) is 5.78. The molecule has 1 rings (SSSR count). The molecule has 3 atom stereocenters. The van der Waals surface area contributed by atoms with Crippen molar-refractivity contribution in [3.05, 3.63) is 12.2 Å². The predicted octanol–water partition coefficient (Wildman–Crippen LogP) is -0.718. The molecular weight excluding hydrogens is 246 g/mol. The van der Waals surface area contributed by atoms with E-state index in [0.29, 0.717) is 12.8 Å². The van der Waals surface area contributed by atoms with Crippen molar-refractivity contribution in [2.45, 2.75) is 44.9 Å². The molecule has 1 aliphatic heterocycles. The average molecular weight is 269 g/mol. The third kappa shape index (κ3) is 5.40. The lowest BCUT2D eigenvalue weighted by Gasteiger charge is -2.22. The third-order valence-corrected chi connectivity index (χ3v) is 3.14. The molecular formula is C13H23N3O3. The maximum atomic E-state index is 11.9. The number of β-amino-alcohol motifs (C(OH)–C–C–N with tert-alkyl or cyclic N) is 1. The van der Waals surface area contributed by atoms with Crippen molar-refractivity contribution in [3.8, 4) is 0 Å². The van der Waals surface area contributed by atoms with Gasteiger partial charge in [0.25, 0.3) is 0 Å². The highest BCUT2D eigenvalue weighted by Gasteiger charge is 2.20. The number of hydrogen-bond donors (Lipinski definition) is 4. The van der Waals surface area contributed by atoms with Crippen molar-refractivity contribution >= 4 is 11.8 Å². The Hall–Kier alpha value is -1.40. The van der Waals surface area contributed by atoms with Crippen molar-refractivity contribution in [2.75, 3.05) is 6.54 Å². The van der Waals surface area contributed by atoms with Gasteiger partial charge in [-0.15, -0.1) is 0 Å². The fourth-order valence-corrected chi connectivity index (χ4v) is 1.78. The van der Waals surface area contributed by atoms with E-state index in [9.17, 15) is 14.7 Å². The van der Waals surface area contributed by atoms with E-state index in [4.69, 9.17) is 5.73 Å². The minimum absolute atomic E-state index is 0.161. The van der Waals surface area contributed by atoms with Crippen LogP contribution in [-0.2, 0) is 9.59 Å². The number of aliphatic hydroxyl groups is 1. The van der Waals surface area contributed by atoms with E-state index in [2.05, 4.69) is 10.6 Å². The van der Waals surface area contributed by atoms with Crippen molar-refractivity contribution in [3.63, 3.8) is 0 Å². The van der Waals surface area contributed by atoms with Crippen LogP contribution in [0.3, 0.4) is 0 Å². The van der Waals surface area contributed by atoms with Crippen LogP contribution in [0, 0.1) is 5.92 Å². The molecule has 108 valence electrons. The lowest BCUT2D eigenvalue weighted by molar-refractivity contribution is -0.123. The first-order valence-electron chi connectivity index (χ1n) is 6.60. The SMILES string of the molecule is CC(C)[C@H]1C=CC(=O)NC[C@H](O)CC[C@H](N)C(=O)N1. The maximum Gasteiger partial charge on any atom is 0.243 e. The molecule has 1 heterocycles. The molecule has 5 N–H and O–H groups in total. The zero-order valence-corrected chi connectivity index (χ0v) is 11.4. The Bertz CT molecular complexity index is 355. The van der Waals surface area contributed by atoms with Gasteiger partial charge in [0.05, 0.1) is 12.1 Å². The molecule has 0 saturated heterocycles. The van der Waals surface area contributed by atoms with Gasteiger partial charge >= 0.3 is 0 Å². The summed E-state index contributed by atoms with van der Waals surface area (Å²) in [5.74, 6) is -0.367. The molecule has 0 unspecified atom stereocenters. The largest absolute Gasteiger partial charge is 0.391 e. The van der Waals surface area contributed by atoms with Crippen LogP contribution in [0.1, 0.15) is 26.7 Å². The fraction of sp³-hybridized carbons (Fsp3) is 0.692. The van der Waals surface area contributed by atoms with Gasteiger partial charge in [0.2, 0.25) is 11.8 Å². The summed E-state index contributed by atoms with van der Waals surface area (Å²) in [5, 5.41) is 15.0. The first kappa shape index (κ1) is 15.7. The van der Waals surface area contributed by atoms with Gasteiger partial charge in [0, 0.05) is 18.7 Å². The van der Waals surface area contributed by atoms with Crippen molar-refractivity contribution < 1.29 is 14.7 Å². The number of hydrogen-bond acceptors (Lipinski definition) is 4. The smallest absolute Gasteiger partial charge is 0.243 e. The minimum atomic E-state index is -0.684. The average Bonchev–Trinajstić information content (AvgIpc) is 2.36. The van der Waals surface area contributed by atoms with Crippen LogP contribution in [0.25, 0.3) is 0 Å². The minimum Gasteiger partial charge on any atom is -0.391 e. The molecule has 2 amide bonds. The summed E-state index contributed by atoms with van der Waals surface area (Å²) in [7, 11) is 0. The lowest BCUT2D eigenvalue weighted by atomic mass is 10.0. The molecule has 6 heteroatoms. The summed E-state index contributed by atoms with van der Waals surface area (Å²) in [4.78, 5) is 23.4. The van der Waals surface area contributed by atoms with Gasteiger partial charge in [-0.1, -0.05) is 19.9 Å². The summed E-state index contributed by atoms with van der Waals surface area (Å²) in [6.45, 7) is 4.08. The summed E-state index contributed by atoms with van der Waals surface area (Å²) in [6, 6.07) is -0.868. The molecule has 0 fully saturated rings. The Kier molecular flexibility index (Phi) is 5.98. The van der Waals surface area contributed by atoms with Crippen LogP contribution in [-0.4, -0.2) is 41.7 Å². The number of amides is 2. The first-order valence-corrected chi connectivity index (χ1v) is 6.60. The normalized spacial score (nSPS) is 30.3. The molecule has 0 aromatic carbocycles. The highest BCUT2D eigenvalue weighted by molar-refractivity contribution is 5.88. The lowest BCUT2D eigenvalue weighted by Crippen LogP contribution is -2.47. The van der Waals surface area contributed by atoms with E-state index in [1.807, 2.05) is 13.8 Å². The van der Waals surface area contributed by atoms with Crippen LogP contribution >= 0.6 is 0 Å². The molecule has 0 aliphatic carbocycles. The fourth-order valence-electron chi connectivity index (χ4n) is 1.78. The number of rotatable bonds is 1. The second-order valence-electron chi connectivity index (χ2n) is 5.22. The maximum absolute atomic E-state index is 11.9. The summed E-state index contributed by atoms with van der Waals surface area (Å²) >= 11 is 0. The zero-order chi connectivity index (χ0) is 14.4. The van der Waals surface area contributed by atoms with Gasteiger partial charge in [-0.3, -0.25) is 9.59 Å². The molecule has 19 heavy (non-hydrogen) atoms. The van der Waals surface area contributed by atoms with Gasteiger partial charge in [-0.25, -0.2) is 0 Å². The van der Waals surface area contributed by atoms with Gasteiger partial charge in [0.15, 0.2) is 0 Å². The van der Waals surface area contributed by atoms with Crippen LogP contribution in [0.5, 0.6) is 0 Å². The van der Waals surface area contributed by atoms with E-state index in [0.717, 1.165) is 0 Å². The second-order valence-corrected chi connectivity index (χ2v) is 5.22. The number of carbonyl (C=O) groups is 2. The van der Waals surface area contributed by atoms with E-state index in [1.54, 1.807) is 6.08 Å². The van der Waals surface area contributed by atoms with E-state index >= 15 is 0 Å². The Labute approximate surface area is 113 Å². The van der Waals surface area contributed by atoms with Crippen LogP contribution < -0.4 is 16.4 Å². The highest BCUT2D eigenvalue weighted by atomic mass is 16.3. The molecule has 6 nitrogen and oxygen atoms in total. The Morgan fingerprint density at radius 3 is 2.68 bits per heavy atom. The van der Waals surface area contributed by atoms with Gasteiger partial charge in [-0.05, 0) is 18.8 Å². The Morgan fingerprint density at radius 1 is 1.37 bits per heavy atom. The highest BCUT2D eigenvalue weighted by Crippen LogP contribution is 2.06. The molecule has 0 radical (unpaired) electrons. The molecule has 0 spiro atoms. The standard InChI is InChI=1S/C13H23N3O3/c1-8(2)11-5-6-12(18)15-7-9(17)3-4-10(14)13(19)16-11/h5-6,8-11,17H,3-4,7,14H2,1-2H3,(H,15,18)(H,16,19)/t9-,10+,11-/m1/s1. The van der Waals surface area contributed by atoms with Crippen molar-refractivity contribution in [1.82, 2.24) is 10.6 Å². The predicted molar refractivity (Wildman–Crippen MR) is 72.1 cm³/mol. The number of aliphatic hydroxyl groups excluding tert-OH is 1. The number of nitrogens with two attached hydrogens (primary N) is 1. The Morgan fingerprint density at radius 2 is 2.05 bits per heavy atom. The number of carbonyl (C=O) groups excluding carboxylic acids is 2. The Balaban J connectivity index is 2.81. The molecule has 1 aliphatic rings. The van der Waals surface area contributed by atoms with Crippen molar-refractivity contribution in [2.24, 2.45) is 11.7 Å². The topological polar surface area (TPSA) is 104 Å². The molecule has 0 aromatic rings. The molecule has 0 saturated carbocycles. The van der Waals surface area contributed by atoms with Gasteiger partial charge in [0.1, 0.15) is 0 Å². The van der Waals surface area contributed by atoms with E-state index < -0.39 is 12.1 Å². The van der Waals surface area contributed by atoms with Crippen LogP contribution in [0.2, 0.25) is 0 Å². The molecule has 0 aromatic heterocycles.